The van der Waals surface area contributed by atoms with Gasteiger partial charge in [0.05, 0.1) is 5.69 Å². The minimum Gasteiger partial charge on any atom is -0.361 e. The third-order valence-electron chi connectivity index (χ3n) is 5.15. The number of benzene rings is 1. The zero-order chi connectivity index (χ0) is 17.4. The van der Waals surface area contributed by atoms with Gasteiger partial charge in [-0.25, -0.2) is 4.39 Å². The molecule has 1 aliphatic heterocycles. The first-order chi connectivity index (χ1) is 12.1. The van der Waals surface area contributed by atoms with Crippen molar-refractivity contribution in [3.05, 3.63) is 53.2 Å². The quantitative estimate of drug-likeness (QED) is 0.856. The molecule has 1 aliphatic carbocycles. The minimum atomic E-state index is -0.231. The molecule has 4 rings (SSSR count). The van der Waals surface area contributed by atoms with Crippen molar-refractivity contribution in [1.29, 1.82) is 0 Å². The van der Waals surface area contributed by atoms with Crippen molar-refractivity contribution in [1.82, 2.24) is 15.0 Å². The van der Waals surface area contributed by atoms with Crippen molar-refractivity contribution in [2.75, 3.05) is 26.2 Å². The molecule has 2 aliphatic rings. The second kappa shape index (κ2) is 6.59. The van der Waals surface area contributed by atoms with Gasteiger partial charge in [0.25, 0.3) is 0 Å². The van der Waals surface area contributed by atoms with Crippen LogP contribution in [0.5, 0.6) is 0 Å². The average Bonchev–Trinajstić information content (AvgIpc) is 3.31. The third kappa shape index (κ3) is 3.58. The summed E-state index contributed by atoms with van der Waals surface area (Å²) in [6, 6.07) is 8.49. The summed E-state index contributed by atoms with van der Waals surface area (Å²) in [5.41, 5.74) is 2.01. The lowest BCUT2D eigenvalue weighted by atomic mass is 10.1. The molecule has 2 heterocycles. The summed E-state index contributed by atoms with van der Waals surface area (Å²) in [5.74, 6) is 1.15. The normalized spacial score (nSPS) is 23.7. The summed E-state index contributed by atoms with van der Waals surface area (Å²) >= 11 is 0. The number of nitrogens with zero attached hydrogens (tertiary/aromatic N) is 3. The zero-order valence-electron chi connectivity index (χ0n) is 14.3. The first-order valence-electron chi connectivity index (χ1n) is 8.79. The predicted octanol–water partition coefficient (Wildman–Crippen LogP) is 2.57. The molecule has 0 N–H and O–H groups in total. The molecule has 5 nitrogen and oxygen atoms in total. The number of hydrogen-bond donors (Lipinski definition) is 0. The van der Waals surface area contributed by atoms with Gasteiger partial charge in [-0.05, 0) is 37.0 Å². The Kier molecular flexibility index (Phi) is 4.29. The van der Waals surface area contributed by atoms with Crippen molar-refractivity contribution in [3.63, 3.8) is 0 Å². The van der Waals surface area contributed by atoms with Crippen molar-refractivity contribution < 1.29 is 13.7 Å². The fourth-order valence-electron chi connectivity index (χ4n) is 3.63. The third-order valence-corrected chi connectivity index (χ3v) is 5.15. The SMILES string of the molecule is Cc1cc(CN2CCN(C(=O)[C@@H]3C[C@H]3c3ccc(F)cc3)CC2)no1. The molecule has 0 radical (unpaired) electrons. The van der Waals surface area contributed by atoms with E-state index in [2.05, 4.69) is 10.1 Å². The second-order valence-corrected chi connectivity index (χ2v) is 7.03. The van der Waals surface area contributed by atoms with Crippen LogP contribution in [0.3, 0.4) is 0 Å². The molecule has 2 fully saturated rings. The van der Waals surface area contributed by atoms with Crippen LogP contribution in [0.4, 0.5) is 4.39 Å². The number of piperazine rings is 1. The number of rotatable bonds is 4. The van der Waals surface area contributed by atoms with Gasteiger partial charge in [0.2, 0.25) is 5.91 Å². The van der Waals surface area contributed by atoms with Crippen molar-refractivity contribution in [2.24, 2.45) is 5.92 Å². The standard InChI is InChI=1S/C19H22FN3O2/c1-13-10-16(21-25-13)12-22-6-8-23(9-7-22)19(24)18-11-17(18)14-2-4-15(20)5-3-14/h2-5,10,17-18H,6-9,11-12H2,1H3/t17-,18+/m0/s1. The maximum atomic E-state index is 13.0. The number of amides is 1. The molecule has 1 aromatic carbocycles. The number of carbonyl (C=O) groups is 1. The highest BCUT2D eigenvalue weighted by molar-refractivity contribution is 5.83. The smallest absolute Gasteiger partial charge is 0.226 e. The molecule has 2 aromatic rings. The molecule has 25 heavy (non-hydrogen) atoms. The molecule has 1 saturated heterocycles. The van der Waals surface area contributed by atoms with Gasteiger partial charge in [-0.1, -0.05) is 17.3 Å². The Morgan fingerprint density at radius 3 is 2.60 bits per heavy atom. The lowest BCUT2D eigenvalue weighted by Gasteiger charge is -2.34. The van der Waals surface area contributed by atoms with Crippen LogP contribution in [0.15, 0.2) is 34.9 Å². The molecule has 2 atom stereocenters. The van der Waals surface area contributed by atoms with E-state index in [-0.39, 0.29) is 23.6 Å². The van der Waals surface area contributed by atoms with Gasteiger partial charge in [0, 0.05) is 44.7 Å². The molecule has 0 spiro atoms. The topological polar surface area (TPSA) is 49.6 Å². The van der Waals surface area contributed by atoms with E-state index in [0.29, 0.717) is 0 Å². The van der Waals surface area contributed by atoms with Crippen LogP contribution < -0.4 is 0 Å². The van der Waals surface area contributed by atoms with Crippen LogP contribution in [-0.2, 0) is 11.3 Å². The van der Waals surface area contributed by atoms with Crippen LogP contribution in [-0.4, -0.2) is 47.0 Å². The van der Waals surface area contributed by atoms with Crippen LogP contribution >= 0.6 is 0 Å². The first kappa shape index (κ1) is 16.3. The van der Waals surface area contributed by atoms with E-state index in [1.165, 1.54) is 12.1 Å². The number of hydrogen-bond acceptors (Lipinski definition) is 4. The molecular weight excluding hydrogens is 321 g/mol. The number of aromatic nitrogens is 1. The van der Waals surface area contributed by atoms with Crippen molar-refractivity contribution >= 4 is 5.91 Å². The lowest BCUT2D eigenvalue weighted by molar-refractivity contribution is -0.134. The second-order valence-electron chi connectivity index (χ2n) is 7.03. The molecule has 6 heteroatoms. The first-order valence-corrected chi connectivity index (χ1v) is 8.79. The number of aryl methyl sites for hydroxylation is 1. The highest BCUT2D eigenvalue weighted by Gasteiger charge is 2.46. The summed E-state index contributed by atoms with van der Waals surface area (Å²) in [5, 5.41) is 4.03. The molecule has 1 amide bonds. The molecule has 1 aromatic heterocycles. The van der Waals surface area contributed by atoms with Gasteiger partial charge in [-0.3, -0.25) is 9.69 Å². The van der Waals surface area contributed by atoms with Crippen molar-refractivity contribution in [3.8, 4) is 0 Å². The number of carbonyl (C=O) groups excluding carboxylic acids is 1. The molecule has 0 unspecified atom stereocenters. The monoisotopic (exact) mass is 343 g/mol. The van der Waals surface area contributed by atoms with E-state index in [1.54, 1.807) is 12.1 Å². The van der Waals surface area contributed by atoms with E-state index < -0.39 is 0 Å². The Hall–Kier alpha value is -2.21. The van der Waals surface area contributed by atoms with Gasteiger partial charge in [-0.2, -0.15) is 0 Å². The highest BCUT2D eigenvalue weighted by atomic mass is 19.1. The maximum absolute atomic E-state index is 13.0. The predicted molar refractivity (Wildman–Crippen MR) is 90.3 cm³/mol. The van der Waals surface area contributed by atoms with Crippen LogP contribution in [0.25, 0.3) is 0 Å². The Morgan fingerprint density at radius 2 is 1.96 bits per heavy atom. The van der Waals surface area contributed by atoms with Crippen LogP contribution in [0.1, 0.15) is 29.4 Å². The van der Waals surface area contributed by atoms with E-state index in [4.69, 9.17) is 4.52 Å². The molecular formula is C19H22FN3O2. The largest absolute Gasteiger partial charge is 0.361 e. The fraction of sp³-hybridized carbons (Fsp3) is 0.474. The maximum Gasteiger partial charge on any atom is 0.226 e. The summed E-state index contributed by atoms with van der Waals surface area (Å²) < 4.78 is 18.1. The van der Waals surface area contributed by atoms with Gasteiger partial charge < -0.3 is 9.42 Å². The van der Waals surface area contributed by atoms with Crippen LogP contribution in [0.2, 0.25) is 0 Å². The summed E-state index contributed by atoms with van der Waals surface area (Å²) in [6.07, 6.45) is 0.878. The van der Waals surface area contributed by atoms with Gasteiger partial charge in [-0.15, -0.1) is 0 Å². The van der Waals surface area contributed by atoms with Crippen molar-refractivity contribution in [2.45, 2.75) is 25.8 Å². The molecule has 1 saturated carbocycles. The van der Waals surface area contributed by atoms with E-state index in [9.17, 15) is 9.18 Å². The highest BCUT2D eigenvalue weighted by Crippen LogP contribution is 2.48. The summed E-state index contributed by atoms with van der Waals surface area (Å²) in [4.78, 5) is 17.0. The van der Waals surface area contributed by atoms with E-state index in [1.807, 2.05) is 17.9 Å². The van der Waals surface area contributed by atoms with Gasteiger partial charge in [0.15, 0.2) is 0 Å². The Morgan fingerprint density at radius 1 is 1.24 bits per heavy atom. The Labute approximate surface area is 146 Å². The van der Waals surface area contributed by atoms with Gasteiger partial charge >= 0.3 is 0 Å². The Bertz CT molecular complexity index is 750. The zero-order valence-corrected chi connectivity index (χ0v) is 14.3. The molecule has 132 valence electrons. The lowest BCUT2D eigenvalue weighted by Crippen LogP contribution is -2.48. The minimum absolute atomic E-state index is 0.0650. The Balaban J connectivity index is 1.28. The summed E-state index contributed by atoms with van der Waals surface area (Å²) in [7, 11) is 0. The van der Waals surface area contributed by atoms with E-state index in [0.717, 1.165) is 56.2 Å². The summed E-state index contributed by atoms with van der Waals surface area (Å²) in [6.45, 7) is 5.86. The van der Waals surface area contributed by atoms with Crippen LogP contribution in [0, 0.1) is 18.7 Å². The van der Waals surface area contributed by atoms with Gasteiger partial charge in [0.1, 0.15) is 11.6 Å². The average molecular weight is 343 g/mol. The number of halogens is 1. The van der Waals surface area contributed by atoms with E-state index >= 15 is 0 Å². The molecule has 0 bridgehead atoms. The fourth-order valence-corrected chi connectivity index (χ4v) is 3.63.